The first-order valence-electron chi connectivity index (χ1n) is 4.78. The van der Waals surface area contributed by atoms with Gasteiger partial charge in [-0.1, -0.05) is 0 Å². The summed E-state index contributed by atoms with van der Waals surface area (Å²) in [4.78, 5) is 0. The van der Waals surface area contributed by atoms with Crippen LogP contribution in [0.4, 0.5) is 8.78 Å². The molecule has 3 rings (SSSR count). The number of hydrogen-bond acceptors (Lipinski definition) is 2. The van der Waals surface area contributed by atoms with Gasteiger partial charge in [0.05, 0.1) is 13.2 Å². The Morgan fingerprint density at radius 1 is 1.47 bits per heavy atom. The predicted octanol–water partition coefficient (Wildman–Crippen LogP) is 2.60. The average molecular weight is 326 g/mol. The highest BCUT2D eigenvalue weighted by Crippen LogP contribution is 2.51. The van der Waals surface area contributed by atoms with Crippen LogP contribution in [0.3, 0.4) is 0 Å². The van der Waals surface area contributed by atoms with Crippen LogP contribution < -0.4 is 4.74 Å². The second-order valence-electron chi connectivity index (χ2n) is 4.25. The van der Waals surface area contributed by atoms with Gasteiger partial charge in [-0.3, -0.25) is 0 Å². The van der Waals surface area contributed by atoms with Crippen LogP contribution in [0.1, 0.15) is 25.0 Å². The molecule has 6 heteroatoms. The van der Waals surface area contributed by atoms with Crippen LogP contribution in [0.5, 0.6) is 5.88 Å². The summed E-state index contributed by atoms with van der Waals surface area (Å²) in [5, 5.41) is 3.92. The topological polar surface area (TPSA) is 27.1 Å². The van der Waals surface area contributed by atoms with Crippen molar-refractivity contribution < 1.29 is 13.5 Å². The van der Waals surface area contributed by atoms with E-state index in [1.165, 1.54) is 0 Å². The molecule has 1 aromatic rings. The molecule has 0 N–H and O–H groups in total. The molecule has 0 bridgehead atoms. The summed E-state index contributed by atoms with van der Waals surface area (Å²) in [6.45, 7) is 1.38. The van der Waals surface area contributed by atoms with Crippen LogP contribution in [0.15, 0.2) is 0 Å². The summed E-state index contributed by atoms with van der Waals surface area (Å²) in [7, 11) is 0. The van der Waals surface area contributed by atoms with E-state index in [0.29, 0.717) is 16.1 Å². The third kappa shape index (κ3) is 1.44. The first kappa shape index (κ1) is 9.80. The Labute approximate surface area is 98.9 Å². The molecule has 3 nitrogen and oxygen atoms in total. The molecule has 82 valence electrons. The summed E-state index contributed by atoms with van der Waals surface area (Å²) < 4.78 is 32.7. The number of fused-ring (bicyclic) bond motifs is 1. The number of halogens is 3. The molecule has 1 aliphatic heterocycles. The molecule has 15 heavy (non-hydrogen) atoms. The van der Waals surface area contributed by atoms with Crippen LogP contribution in [0, 0.1) is 8.99 Å². The monoisotopic (exact) mass is 326 g/mol. The van der Waals surface area contributed by atoms with Crippen molar-refractivity contribution in [3.63, 3.8) is 0 Å². The van der Waals surface area contributed by atoms with Gasteiger partial charge in [-0.15, -0.1) is 0 Å². The normalized spacial score (nSPS) is 21.6. The second kappa shape index (κ2) is 3.05. The molecule has 1 aromatic heterocycles. The van der Waals surface area contributed by atoms with Crippen molar-refractivity contribution in [3.05, 3.63) is 9.26 Å². The van der Waals surface area contributed by atoms with E-state index in [-0.39, 0.29) is 11.1 Å². The predicted molar refractivity (Wildman–Crippen MR) is 57.1 cm³/mol. The molecule has 0 unspecified atom stereocenters. The molecule has 1 spiro atoms. The average Bonchev–Trinajstić information content (AvgIpc) is 2.84. The molecule has 1 aliphatic carbocycles. The van der Waals surface area contributed by atoms with Gasteiger partial charge in [-0.05, 0) is 35.4 Å². The zero-order valence-corrected chi connectivity index (χ0v) is 10.00. The fourth-order valence-electron chi connectivity index (χ4n) is 1.89. The van der Waals surface area contributed by atoms with Gasteiger partial charge < -0.3 is 4.74 Å². The fraction of sp³-hybridized carbons (Fsp3) is 0.667. The van der Waals surface area contributed by atoms with Gasteiger partial charge in [0.2, 0.25) is 5.88 Å². The van der Waals surface area contributed by atoms with E-state index < -0.39 is 6.43 Å². The maximum Gasteiger partial charge on any atom is 0.283 e. The van der Waals surface area contributed by atoms with Gasteiger partial charge in [-0.2, -0.15) is 5.10 Å². The molecule has 0 radical (unpaired) electrons. The lowest BCUT2D eigenvalue weighted by Gasteiger charge is -2.23. The van der Waals surface area contributed by atoms with Crippen molar-refractivity contribution >= 4 is 22.6 Å². The Kier molecular flexibility index (Phi) is 1.99. The molecule has 0 aromatic carbocycles. The lowest BCUT2D eigenvalue weighted by atomic mass is 10.1. The maximum atomic E-state index is 12.6. The van der Waals surface area contributed by atoms with Gasteiger partial charge in [-0.25, -0.2) is 13.5 Å². The van der Waals surface area contributed by atoms with E-state index in [4.69, 9.17) is 4.74 Å². The first-order chi connectivity index (χ1) is 7.11. The molecular formula is C9H9F2IN2O. The Bertz CT molecular complexity index is 414. The second-order valence-corrected chi connectivity index (χ2v) is 5.33. The standard InChI is InChI=1S/C9H9F2IN2O/c10-7(11)6-5(12)8-14(13-6)3-9(1-2-9)4-15-8/h7H,1-4H2. The number of aromatic nitrogens is 2. The molecule has 0 atom stereocenters. The van der Waals surface area contributed by atoms with E-state index in [1.54, 1.807) is 4.68 Å². The Hall–Kier alpha value is -0.400. The van der Waals surface area contributed by atoms with E-state index in [0.717, 1.165) is 19.4 Å². The molecule has 0 saturated heterocycles. The summed E-state index contributed by atoms with van der Waals surface area (Å²) in [6, 6.07) is 0. The van der Waals surface area contributed by atoms with Crippen molar-refractivity contribution in [1.29, 1.82) is 0 Å². The van der Waals surface area contributed by atoms with Crippen molar-refractivity contribution in [1.82, 2.24) is 9.78 Å². The van der Waals surface area contributed by atoms with Crippen molar-refractivity contribution in [2.45, 2.75) is 25.8 Å². The van der Waals surface area contributed by atoms with E-state index in [1.807, 2.05) is 22.6 Å². The summed E-state index contributed by atoms with van der Waals surface area (Å²) in [6.07, 6.45) is -0.284. The maximum absolute atomic E-state index is 12.6. The largest absolute Gasteiger partial charge is 0.476 e. The zero-order chi connectivity index (χ0) is 10.6. The summed E-state index contributed by atoms with van der Waals surface area (Å²) >= 11 is 1.88. The number of ether oxygens (including phenoxy) is 1. The molecule has 1 saturated carbocycles. The first-order valence-corrected chi connectivity index (χ1v) is 5.86. The minimum Gasteiger partial charge on any atom is -0.476 e. The van der Waals surface area contributed by atoms with Gasteiger partial charge in [0.15, 0.2) is 0 Å². The highest BCUT2D eigenvalue weighted by Gasteiger charge is 2.48. The highest BCUT2D eigenvalue weighted by atomic mass is 127. The van der Waals surface area contributed by atoms with Gasteiger partial charge >= 0.3 is 0 Å². The molecule has 0 amide bonds. The van der Waals surface area contributed by atoms with Crippen LogP contribution in [0.2, 0.25) is 0 Å². The van der Waals surface area contributed by atoms with Crippen LogP contribution in [-0.4, -0.2) is 16.4 Å². The van der Waals surface area contributed by atoms with Crippen molar-refractivity contribution in [2.24, 2.45) is 5.41 Å². The lowest BCUT2D eigenvalue weighted by Crippen LogP contribution is -2.27. The number of alkyl halides is 2. The number of rotatable bonds is 1. The lowest BCUT2D eigenvalue weighted by molar-refractivity contribution is 0.138. The molecule has 2 heterocycles. The van der Waals surface area contributed by atoms with Gasteiger partial charge in [0.1, 0.15) is 9.26 Å². The minimum atomic E-state index is -2.52. The van der Waals surface area contributed by atoms with E-state index >= 15 is 0 Å². The zero-order valence-electron chi connectivity index (χ0n) is 7.84. The summed E-state index contributed by atoms with van der Waals surface area (Å²) in [5.41, 5.74) is 0.0462. The molecule has 2 aliphatic rings. The smallest absolute Gasteiger partial charge is 0.283 e. The Balaban J connectivity index is 2.01. The quantitative estimate of drug-likeness (QED) is 0.742. The van der Waals surface area contributed by atoms with Crippen molar-refractivity contribution in [2.75, 3.05) is 6.61 Å². The third-order valence-electron chi connectivity index (χ3n) is 3.04. The van der Waals surface area contributed by atoms with Crippen LogP contribution >= 0.6 is 22.6 Å². The Morgan fingerprint density at radius 2 is 2.20 bits per heavy atom. The van der Waals surface area contributed by atoms with Crippen LogP contribution in [0.25, 0.3) is 0 Å². The van der Waals surface area contributed by atoms with E-state index in [2.05, 4.69) is 5.10 Å². The van der Waals surface area contributed by atoms with Crippen molar-refractivity contribution in [3.8, 4) is 5.88 Å². The SMILES string of the molecule is FC(F)c1nn2c(c1I)OCC1(CC1)C2. The van der Waals surface area contributed by atoms with Gasteiger partial charge in [0, 0.05) is 5.41 Å². The Morgan fingerprint density at radius 3 is 2.80 bits per heavy atom. The number of nitrogens with zero attached hydrogens (tertiary/aromatic N) is 2. The van der Waals surface area contributed by atoms with E-state index in [9.17, 15) is 8.78 Å². The minimum absolute atomic E-state index is 0.150. The molecular weight excluding hydrogens is 317 g/mol. The van der Waals surface area contributed by atoms with Crippen LogP contribution in [-0.2, 0) is 6.54 Å². The third-order valence-corrected chi connectivity index (χ3v) is 4.05. The van der Waals surface area contributed by atoms with Gasteiger partial charge in [0.25, 0.3) is 6.43 Å². The molecule has 1 fully saturated rings. The fourth-order valence-corrected chi connectivity index (χ4v) is 2.67. The highest BCUT2D eigenvalue weighted by molar-refractivity contribution is 14.1. The number of hydrogen-bond donors (Lipinski definition) is 0. The summed E-state index contributed by atoms with van der Waals surface area (Å²) in [5.74, 6) is 0.517.